The molecule has 5 nitrogen and oxygen atoms in total. The highest BCUT2D eigenvalue weighted by Crippen LogP contribution is 2.26. The van der Waals surface area contributed by atoms with Crippen molar-refractivity contribution < 1.29 is 9.59 Å². The van der Waals surface area contributed by atoms with Crippen molar-refractivity contribution in [2.75, 3.05) is 17.2 Å². The van der Waals surface area contributed by atoms with Crippen LogP contribution in [0, 0.1) is 5.92 Å². The van der Waals surface area contributed by atoms with Crippen LogP contribution >= 0.6 is 0 Å². The van der Waals surface area contributed by atoms with Gasteiger partial charge in [-0.2, -0.15) is 0 Å². The van der Waals surface area contributed by atoms with E-state index in [1.165, 1.54) is 0 Å². The summed E-state index contributed by atoms with van der Waals surface area (Å²) in [5.41, 5.74) is 7.85. The van der Waals surface area contributed by atoms with Crippen molar-refractivity contribution in [2.45, 2.75) is 13.3 Å². The predicted molar refractivity (Wildman–Crippen MR) is 65.6 cm³/mol. The van der Waals surface area contributed by atoms with Crippen LogP contribution in [0.4, 0.5) is 11.4 Å². The van der Waals surface area contributed by atoms with Crippen molar-refractivity contribution >= 4 is 23.2 Å². The number of hydrogen-bond donors (Lipinski definition) is 3. The van der Waals surface area contributed by atoms with Crippen molar-refractivity contribution in [3.05, 3.63) is 23.8 Å². The van der Waals surface area contributed by atoms with Gasteiger partial charge in [-0.15, -0.1) is 0 Å². The molecule has 0 saturated heterocycles. The minimum atomic E-state index is -0.219. The van der Waals surface area contributed by atoms with Crippen LogP contribution in [-0.4, -0.2) is 18.4 Å². The molecule has 17 heavy (non-hydrogen) atoms. The summed E-state index contributed by atoms with van der Waals surface area (Å²) in [4.78, 5) is 22.8. The summed E-state index contributed by atoms with van der Waals surface area (Å²) in [5, 5.41) is 5.52. The van der Waals surface area contributed by atoms with Gasteiger partial charge in [0.05, 0.1) is 6.42 Å². The maximum Gasteiger partial charge on any atom is 0.228 e. The Morgan fingerprint density at radius 2 is 2.35 bits per heavy atom. The largest absolute Gasteiger partial charge is 0.330 e. The molecule has 0 fully saturated rings. The lowest BCUT2D eigenvalue weighted by molar-refractivity contribution is -0.119. The molecule has 5 heteroatoms. The van der Waals surface area contributed by atoms with Crippen LogP contribution in [0.2, 0.25) is 0 Å². The van der Waals surface area contributed by atoms with Crippen molar-refractivity contribution in [1.29, 1.82) is 0 Å². The molecule has 1 aliphatic heterocycles. The molecule has 0 saturated carbocycles. The Kier molecular flexibility index (Phi) is 3.10. The van der Waals surface area contributed by atoms with Crippen molar-refractivity contribution in [2.24, 2.45) is 11.7 Å². The van der Waals surface area contributed by atoms with E-state index < -0.39 is 0 Å². The summed E-state index contributed by atoms with van der Waals surface area (Å²) in [6, 6.07) is 5.38. The summed E-state index contributed by atoms with van der Waals surface area (Å²) in [6.45, 7) is 2.09. The number of benzene rings is 1. The lowest BCUT2D eigenvalue weighted by Crippen LogP contribution is -2.26. The second-order valence-corrected chi connectivity index (χ2v) is 4.22. The van der Waals surface area contributed by atoms with Gasteiger partial charge in [-0.25, -0.2) is 0 Å². The number of amides is 2. The highest BCUT2D eigenvalue weighted by Gasteiger charge is 2.18. The minimum Gasteiger partial charge on any atom is -0.330 e. The van der Waals surface area contributed by atoms with Gasteiger partial charge in [-0.1, -0.05) is 6.92 Å². The molecular formula is C12H15N3O2. The first kappa shape index (κ1) is 11.6. The maximum atomic E-state index is 11.6. The second-order valence-electron chi connectivity index (χ2n) is 4.22. The Bertz CT molecular complexity index is 471. The summed E-state index contributed by atoms with van der Waals surface area (Å²) in [7, 11) is 0. The number of rotatable bonds is 3. The molecule has 0 bridgehead atoms. The maximum absolute atomic E-state index is 11.6. The first-order valence-corrected chi connectivity index (χ1v) is 5.54. The fourth-order valence-corrected chi connectivity index (χ4v) is 1.68. The normalized spacial score (nSPS) is 15.1. The van der Waals surface area contributed by atoms with Crippen LogP contribution in [0.15, 0.2) is 18.2 Å². The zero-order valence-electron chi connectivity index (χ0n) is 9.62. The lowest BCUT2D eigenvalue weighted by atomic mass is 10.1. The van der Waals surface area contributed by atoms with Gasteiger partial charge >= 0.3 is 0 Å². The molecule has 4 N–H and O–H groups in total. The molecule has 1 aromatic rings. The van der Waals surface area contributed by atoms with Gasteiger partial charge in [-0.05, 0) is 23.8 Å². The average molecular weight is 233 g/mol. The lowest BCUT2D eigenvalue weighted by Gasteiger charge is -2.10. The van der Waals surface area contributed by atoms with Gasteiger partial charge in [0.25, 0.3) is 0 Å². The third-order valence-corrected chi connectivity index (χ3v) is 2.80. The Balaban J connectivity index is 2.11. The van der Waals surface area contributed by atoms with E-state index >= 15 is 0 Å². The molecule has 0 radical (unpaired) electrons. The van der Waals surface area contributed by atoms with E-state index in [-0.39, 0.29) is 17.7 Å². The molecule has 90 valence electrons. The third kappa shape index (κ3) is 2.45. The zero-order valence-corrected chi connectivity index (χ0v) is 9.62. The Labute approximate surface area is 99.4 Å². The second kappa shape index (κ2) is 4.55. The minimum absolute atomic E-state index is 0.0150. The van der Waals surface area contributed by atoms with Crippen LogP contribution < -0.4 is 16.4 Å². The third-order valence-electron chi connectivity index (χ3n) is 2.80. The standard InChI is InChI=1S/C12H15N3O2/c1-7(6-13)12(17)14-9-2-3-10-8(4-9)5-11(16)15-10/h2-4,7H,5-6,13H2,1H3,(H,14,17)(H,15,16). The summed E-state index contributed by atoms with van der Waals surface area (Å²) >= 11 is 0. The van der Waals surface area contributed by atoms with Crippen molar-refractivity contribution in [3.63, 3.8) is 0 Å². The highest BCUT2D eigenvalue weighted by molar-refractivity contribution is 6.00. The van der Waals surface area contributed by atoms with Crippen molar-refractivity contribution in [1.82, 2.24) is 0 Å². The quantitative estimate of drug-likeness (QED) is 0.719. The van der Waals surface area contributed by atoms with E-state index in [2.05, 4.69) is 10.6 Å². The van der Waals surface area contributed by atoms with Crippen LogP contribution in [-0.2, 0) is 16.0 Å². The molecule has 1 atom stereocenters. The molecule has 1 aliphatic rings. The van der Waals surface area contributed by atoms with Gasteiger partial charge < -0.3 is 16.4 Å². The Morgan fingerprint density at radius 1 is 1.59 bits per heavy atom. The smallest absolute Gasteiger partial charge is 0.228 e. The van der Waals surface area contributed by atoms with Gasteiger partial charge in [0, 0.05) is 23.8 Å². The molecular weight excluding hydrogens is 218 g/mol. The van der Waals surface area contributed by atoms with Crippen LogP contribution in [0.25, 0.3) is 0 Å². The topological polar surface area (TPSA) is 84.2 Å². The number of nitrogens with two attached hydrogens (primary N) is 1. The van der Waals surface area contributed by atoms with Gasteiger partial charge in [0.1, 0.15) is 0 Å². The molecule has 2 rings (SSSR count). The Morgan fingerprint density at radius 3 is 3.06 bits per heavy atom. The van der Waals surface area contributed by atoms with E-state index in [1.807, 2.05) is 6.07 Å². The van der Waals surface area contributed by atoms with Gasteiger partial charge in [0.2, 0.25) is 11.8 Å². The number of carbonyl (C=O) groups excluding carboxylic acids is 2. The molecule has 0 aromatic heterocycles. The first-order valence-electron chi connectivity index (χ1n) is 5.54. The van der Waals surface area contributed by atoms with Gasteiger partial charge in [-0.3, -0.25) is 9.59 Å². The molecule has 1 aromatic carbocycles. The number of anilines is 2. The molecule has 0 aliphatic carbocycles. The number of fused-ring (bicyclic) bond motifs is 1. The summed E-state index contributed by atoms with van der Waals surface area (Å²) in [6.07, 6.45) is 0.367. The van der Waals surface area contributed by atoms with Crippen LogP contribution in [0.1, 0.15) is 12.5 Å². The highest BCUT2D eigenvalue weighted by atomic mass is 16.2. The monoisotopic (exact) mass is 233 g/mol. The number of hydrogen-bond acceptors (Lipinski definition) is 3. The predicted octanol–water partition coefficient (Wildman–Crippen LogP) is 0.715. The fraction of sp³-hybridized carbons (Fsp3) is 0.333. The average Bonchev–Trinajstić information content (AvgIpc) is 2.67. The molecule has 1 heterocycles. The van der Waals surface area contributed by atoms with E-state index in [0.717, 1.165) is 11.3 Å². The first-order chi connectivity index (χ1) is 8.10. The number of carbonyl (C=O) groups is 2. The zero-order chi connectivity index (χ0) is 12.4. The van der Waals surface area contributed by atoms with E-state index in [4.69, 9.17) is 5.73 Å². The van der Waals surface area contributed by atoms with E-state index in [0.29, 0.717) is 18.7 Å². The fourth-order valence-electron chi connectivity index (χ4n) is 1.68. The van der Waals surface area contributed by atoms with Crippen LogP contribution in [0.3, 0.4) is 0 Å². The molecule has 0 spiro atoms. The van der Waals surface area contributed by atoms with E-state index in [1.54, 1.807) is 19.1 Å². The SMILES string of the molecule is CC(CN)C(=O)Nc1ccc2c(c1)CC(=O)N2. The summed E-state index contributed by atoms with van der Waals surface area (Å²) in [5.74, 6) is -0.341. The molecule has 2 amide bonds. The Hall–Kier alpha value is -1.88. The van der Waals surface area contributed by atoms with Crippen LogP contribution in [0.5, 0.6) is 0 Å². The van der Waals surface area contributed by atoms with Crippen molar-refractivity contribution in [3.8, 4) is 0 Å². The summed E-state index contributed by atoms with van der Waals surface area (Å²) < 4.78 is 0. The van der Waals surface area contributed by atoms with Gasteiger partial charge in [0.15, 0.2) is 0 Å². The number of nitrogens with one attached hydrogen (secondary N) is 2. The molecule has 1 unspecified atom stereocenters. The van der Waals surface area contributed by atoms with E-state index in [9.17, 15) is 9.59 Å².